The summed E-state index contributed by atoms with van der Waals surface area (Å²) in [5.41, 5.74) is 0.389. The fourth-order valence-corrected chi connectivity index (χ4v) is 0.335. The molecule has 0 fully saturated rings. The van der Waals surface area contributed by atoms with Crippen molar-refractivity contribution in [1.82, 2.24) is 0 Å². The van der Waals surface area contributed by atoms with Crippen LogP contribution in [0.15, 0.2) is 24.3 Å². The number of carboxylic acids is 1. The Balaban J connectivity index is 0. The molecule has 0 saturated heterocycles. The Hall–Kier alpha value is -1.79. The van der Waals surface area contributed by atoms with Gasteiger partial charge in [0.1, 0.15) is 0 Å². The van der Waals surface area contributed by atoms with Gasteiger partial charge in [0.25, 0.3) is 0 Å². The van der Waals surface area contributed by atoms with E-state index in [9.17, 15) is 22.8 Å². The van der Waals surface area contributed by atoms with Gasteiger partial charge in [-0.3, -0.25) is 0 Å². The molecule has 0 bridgehead atoms. The molecule has 0 amide bonds. The Morgan fingerprint density at radius 2 is 1.88 bits per heavy atom. The average Bonchev–Trinajstić information content (AvgIpc) is 2.24. The number of hydrogen-bond acceptors (Lipinski definition) is 3. The van der Waals surface area contributed by atoms with Crippen LogP contribution in [0, 0.1) is 0 Å². The molecule has 0 aliphatic carbocycles. The first kappa shape index (κ1) is 17.6. The van der Waals surface area contributed by atoms with E-state index < -0.39 is 24.7 Å². The van der Waals surface area contributed by atoms with Gasteiger partial charge in [-0.15, -0.1) is 0 Å². The average molecular weight is 254 g/mol. The van der Waals surface area contributed by atoms with Crippen LogP contribution in [0.4, 0.5) is 13.2 Å². The van der Waals surface area contributed by atoms with Crippen LogP contribution in [0.3, 0.4) is 0 Å². The molecule has 1 N–H and O–H groups in total. The number of hydrogen-bond donors (Lipinski definition) is 1. The summed E-state index contributed by atoms with van der Waals surface area (Å²) < 4.78 is 37.4. The molecule has 0 aromatic rings. The van der Waals surface area contributed by atoms with Crippen molar-refractivity contribution in [3.05, 3.63) is 24.3 Å². The van der Waals surface area contributed by atoms with E-state index in [1.165, 1.54) is 0 Å². The number of allylic oxidation sites excluding steroid dienone is 1. The van der Waals surface area contributed by atoms with Crippen LogP contribution in [0.5, 0.6) is 0 Å². The first-order valence-electron chi connectivity index (χ1n) is 4.36. The lowest BCUT2D eigenvalue weighted by atomic mass is 10.3. The highest BCUT2D eigenvalue weighted by molar-refractivity contribution is 5.85. The second-order valence-electron chi connectivity index (χ2n) is 2.70. The fraction of sp³-hybridized carbons (Fsp3) is 0.400. The molecule has 0 rings (SSSR count). The van der Waals surface area contributed by atoms with Crippen molar-refractivity contribution in [3.63, 3.8) is 0 Å². The number of esters is 1. The molecule has 0 aliphatic rings. The SMILES string of the molecule is C=CC(=O)OCC(F)(F)F.CC=C(C)C(=O)O. The second kappa shape index (κ2) is 8.37. The summed E-state index contributed by atoms with van der Waals surface area (Å²) in [5, 5.41) is 8.11. The Bertz CT molecular complexity index is 305. The van der Waals surface area contributed by atoms with Crippen LogP contribution in [-0.4, -0.2) is 29.8 Å². The van der Waals surface area contributed by atoms with Crippen LogP contribution in [0.1, 0.15) is 13.8 Å². The van der Waals surface area contributed by atoms with E-state index in [4.69, 9.17) is 5.11 Å². The standard InChI is InChI=1S/C5H5F3O2.C5H8O2/c1-2-4(9)10-3-5(6,7)8;1-3-4(2)5(6)7/h2H,1,3H2;3H,1-2H3,(H,6,7). The Morgan fingerprint density at radius 1 is 1.41 bits per heavy atom. The van der Waals surface area contributed by atoms with Crippen molar-refractivity contribution in [2.75, 3.05) is 6.61 Å². The summed E-state index contributed by atoms with van der Waals surface area (Å²) in [5.74, 6) is -1.92. The van der Waals surface area contributed by atoms with Gasteiger partial charge in [0.05, 0.1) is 0 Å². The minimum atomic E-state index is -4.46. The normalized spacial score (nSPS) is 11.0. The summed E-state index contributed by atoms with van der Waals surface area (Å²) in [6.45, 7) is 4.62. The molecule has 98 valence electrons. The fourth-order valence-electron chi connectivity index (χ4n) is 0.335. The third-order valence-corrected chi connectivity index (χ3v) is 1.32. The highest BCUT2D eigenvalue weighted by Crippen LogP contribution is 2.14. The van der Waals surface area contributed by atoms with Crippen molar-refractivity contribution in [2.45, 2.75) is 20.0 Å². The lowest BCUT2D eigenvalue weighted by Crippen LogP contribution is -2.19. The first-order valence-corrected chi connectivity index (χ1v) is 4.36. The zero-order valence-electron chi connectivity index (χ0n) is 9.37. The molecule has 17 heavy (non-hydrogen) atoms. The number of carbonyl (C=O) groups is 2. The molecule has 7 heteroatoms. The van der Waals surface area contributed by atoms with Crippen LogP contribution in [-0.2, 0) is 14.3 Å². The van der Waals surface area contributed by atoms with E-state index >= 15 is 0 Å². The van der Waals surface area contributed by atoms with E-state index in [2.05, 4.69) is 11.3 Å². The lowest BCUT2D eigenvalue weighted by Gasteiger charge is -2.04. The predicted octanol–water partition coefficient (Wildman–Crippen LogP) is 2.32. The summed E-state index contributed by atoms with van der Waals surface area (Å²) >= 11 is 0. The van der Waals surface area contributed by atoms with E-state index in [1.54, 1.807) is 19.9 Å². The molecule has 0 atom stereocenters. The maximum Gasteiger partial charge on any atom is 0.422 e. The number of carboxylic acid groups (broad SMARTS) is 1. The second-order valence-corrected chi connectivity index (χ2v) is 2.70. The number of aliphatic carboxylic acids is 1. The molecule has 0 aromatic carbocycles. The lowest BCUT2D eigenvalue weighted by molar-refractivity contribution is -0.182. The van der Waals surface area contributed by atoms with Gasteiger partial charge >= 0.3 is 18.1 Å². The monoisotopic (exact) mass is 254 g/mol. The molecular formula is C10H13F3O4. The van der Waals surface area contributed by atoms with Gasteiger partial charge in [0, 0.05) is 11.6 Å². The minimum absolute atomic E-state index is 0.389. The molecule has 0 spiro atoms. The van der Waals surface area contributed by atoms with Gasteiger partial charge in [-0.2, -0.15) is 13.2 Å². The first-order chi connectivity index (χ1) is 7.64. The van der Waals surface area contributed by atoms with Crippen molar-refractivity contribution in [1.29, 1.82) is 0 Å². The molecule has 0 aromatic heterocycles. The molecule has 0 heterocycles. The van der Waals surface area contributed by atoms with Gasteiger partial charge in [-0.25, -0.2) is 9.59 Å². The topological polar surface area (TPSA) is 63.6 Å². The summed E-state index contributed by atoms with van der Waals surface area (Å²) in [7, 11) is 0. The molecule has 0 aliphatic heterocycles. The van der Waals surface area contributed by atoms with Crippen molar-refractivity contribution in [2.24, 2.45) is 0 Å². The van der Waals surface area contributed by atoms with E-state index in [0.29, 0.717) is 11.6 Å². The summed E-state index contributed by atoms with van der Waals surface area (Å²) in [6.07, 6.45) is -2.23. The predicted molar refractivity (Wildman–Crippen MR) is 54.3 cm³/mol. The minimum Gasteiger partial charge on any atom is -0.478 e. The molecule has 0 unspecified atom stereocenters. The van der Waals surface area contributed by atoms with Gasteiger partial charge in [-0.1, -0.05) is 12.7 Å². The molecular weight excluding hydrogens is 241 g/mol. The van der Waals surface area contributed by atoms with Crippen LogP contribution in [0.2, 0.25) is 0 Å². The Labute approximate surface area is 96.4 Å². The molecule has 0 saturated carbocycles. The third-order valence-electron chi connectivity index (χ3n) is 1.32. The number of carbonyl (C=O) groups excluding carboxylic acids is 1. The van der Waals surface area contributed by atoms with Crippen LogP contribution in [0.25, 0.3) is 0 Å². The summed E-state index contributed by atoms with van der Waals surface area (Å²) in [6, 6.07) is 0. The number of ether oxygens (including phenoxy) is 1. The number of rotatable bonds is 3. The summed E-state index contributed by atoms with van der Waals surface area (Å²) in [4.78, 5) is 19.9. The quantitative estimate of drug-likeness (QED) is 0.620. The molecule has 4 nitrogen and oxygen atoms in total. The third kappa shape index (κ3) is 14.2. The van der Waals surface area contributed by atoms with Crippen LogP contribution >= 0.6 is 0 Å². The smallest absolute Gasteiger partial charge is 0.422 e. The van der Waals surface area contributed by atoms with Crippen molar-refractivity contribution >= 4 is 11.9 Å². The molecule has 0 radical (unpaired) electrons. The Morgan fingerprint density at radius 3 is 2.06 bits per heavy atom. The van der Waals surface area contributed by atoms with Gasteiger partial charge < -0.3 is 9.84 Å². The van der Waals surface area contributed by atoms with Crippen molar-refractivity contribution < 1.29 is 32.6 Å². The zero-order valence-corrected chi connectivity index (χ0v) is 9.37. The van der Waals surface area contributed by atoms with Gasteiger partial charge in [-0.05, 0) is 13.8 Å². The van der Waals surface area contributed by atoms with Crippen molar-refractivity contribution in [3.8, 4) is 0 Å². The number of alkyl halides is 3. The van der Waals surface area contributed by atoms with E-state index in [-0.39, 0.29) is 0 Å². The maximum atomic E-state index is 11.2. The Kier molecular flexibility index (Phi) is 8.67. The van der Waals surface area contributed by atoms with Crippen LogP contribution < -0.4 is 0 Å². The van der Waals surface area contributed by atoms with Gasteiger partial charge in [0.2, 0.25) is 0 Å². The highest BCUT2D eigenvalue weighted by Gasteiger charge is 2.28. The zero-order chi connectivity index (χ0) is 14.1. The highest BCUT2D eigenvalue weighted by atomic mass is 19.4. The van der Waals surface area contributed by atoms with E-state index in [0.717, 1.165) is 0 Å². The number of halogens is 3. The maximum absolute atomic E-state index is 11.2. The largest absolute Gasteiger partial charge is 0.478 e. The van der Waals surface area contributed by atoms with E-state index in [1.807, 2.05) is 0 Å². The van der Waals surface area contributed by atoms with Gasteiger partial charge in [0.15, 0.2) is 6.61 Å².